The summed E-state index contributed by atoms with van der Waals surface area (Å²) >= 11 is 0. The van der Waals surface area contributed by atoms with E-state index in [-0.39, 0.29) is 11.8 Å². The Hall–Kier alpha value is -2.83. The molecule has 7 nitrogen and oxygen atoms in total. The lowest BCUT2D eigenvalue weighted by molar-refractivity contribution is -0.132. The van der Waals surface area contributed by atoms with Crippen molar-refractivity contribution in [2.45, 2.75) is 20.8 Å². The van der Waals surface area contributed by atoms with Gasteiger partial charge in [-0.05, 0) is 25.1 Å². The molecule has 0 spiro atoms. The molecule has 0 atom stereocenters. The summed E-state index contributed by atoms with van der Waals surface area (Å²) in [4.78, 5) is 27.4. The van der Waals surface area contributed by atoms with Gasteiger partial charge in [0.25, 0.3) is 0 Å². The molecule has 7 heteroatoms. The van der Waals surface area contributed by atoms with Crippen LogP contribution in [0.3, 0.4) is 0 Å². The number of rotatable bonds is 4. The van der Waals surface area contributed by atoms with Gasteiger partial charge in [0, 0.05) is 19.4 Å². The Morgan fingerprint density at radius 2 is 1.74 bits per heavy atom. The van der Waals surface area contributed by atoms with Crippen molar-refractivity contribution in [1.82, 2.24) is 9.55 Å². The van der Waals surface area contributed by atoms with Gasteiger partial charge in [-0.15, -0.1) is 0 Å². The van der Waals surface area contributed by atoms with Crippen molar-refractivity contribution in [3.8, 4) is 28.8 Å². The molecular weight excluding hydrogens is 300 g/mol. The van der Waals surface area contributed by atoms with Crippen LogP contribution in [-0.2, 0) is 4.79 Å². The van der Waals surface area contributed by atoms with Crippen LogP contribution in [0.25, 0.3) is 11.4 Å². The van der Waals surface area contributed by atoms with Gasteiger partial charge in [-0.25, -0.2) is 0 Å². The second-order valence-corrected chi connectivity index (χ2v) is 4.84. The fourth-order valence-corrected chi connectivity index (χ4v) is 2.27. The molecule has 0 radical (unpaired) electrons. The molecule has 2 rings (SSSR count). The summed E-state index contributed by atoms with van der Waals surface area (Å²) in [6.45, 7) is 4.36. The van der Waals surface area contributed by atoms with Gasteiger partial charge in [0.1, 0.15) is 0 Å². The van der Waals surface area contributed by atoms with Crippen molar-refractivity contribution in [3.63, 3.8) is 0 Å². The molecule has 0 aliphatic rings. The molecular formula is C16H18N2O5. The van der Waals surface area contributed by atoms with E-state index < -0.39 is 5.97 Å². The smallest absolute Gasteiger partial charge is 0.309 e. The highest BCUT2D eigenvalue weighted by Gasteiger charge is 2.21. The first-order chi connectivity index (χ1) is 10.9. The number of benzene rings is 1. The first-order valence-corrected chi connectivity index (χ1v) is 6.90. The Balaban J connectivity index is 2.62. The van der Waals surface area contributed by atoms with E-state index in [4.69, 9.17) is 14.2 Å². The van der Waals surface area contributed by atoms with Crippen LogP contribution < -0.4 is 14.2 Å². The Morgan fingerprint density at radius 3 is 2.26 bits per heavy atom. The van der Waals surface area contributed by atoms with E-state index in [9.17, 15) is 9.59 Å². The van der Waals surface area contributed by atoms with Crippen molar-refractivity contribution >= 4 is 11.9 Å². The molecule has 1 aromatic heterocycles. The van der Waals surface area contributed by atoms with Crippen LogP contribution in [0.15, 0.2) is 18.2 Å². The number of hydrogen-bond acceptors (Lipinski definition) is 6. The van der Waals surface area contributed by atoms with E-state index in [1.807, 2.05) is 0 Å². The molecule has 0 bridgehead atoms. The quantitative estimate of drug-likeness (QED) is 0.806. The Bertz CT molecular complexity index is 764. The molecule has 122 valence electrons. The molecule has 0 saturated heterocycles. The van der Waals surface area contributed by atoms with E-state index in [0.717, 1.165) is 0 Å². The highest BCUT2D eigenvalue weighted by molar-refractivity contribution is 5.83. The van der Waals surface area contributed by atoms with Gasteiger partial charge in [0.2, 0.25) is 11.8 Å². The minimum atomic E-state index is -0.500. The fraction of sp³-hybridized carbons (Fsp3) is 0.312. The van der Waals surface area contributed by atoms with Crippen molar-refractivity contribution in [2.75, 3.05) is 14.2 Å². The SMILES string of the molecule is COc1ccc(-c2nc(OC(C)=O)c(C)n2C(C)=O)cc1OC. The summed E-state index contributed by atoms with van der Waals surface area (Å²) in [6.07, 6.45) is 0. The average Bonchev–Trinajstić information content (AvgIpc) is 2.82. The molecule has 1 heterocycles. The number of esters is 1. The molecule has 0 aliphatic carbocycles. The topological polar surface area (TPSA) is 79.7 Å². The largest absolute Gasteiger partial charge is 0.493 e. The first kappa shape index (κ1) is 16.5. The molecule has 0 unspecified atom stereocenters. The third kappa shape index (κ3) is 3.18. The van der Waals surface area contributed by atoms with Crippen molar-refractivity contribution in [1.29, 1.82) is 0 Å². The van der Waals surface area contributed by atoms with Crippen molar-refractivity contribution in [3.05, 3.63) is 23.9 Å². The van der Waals surface area contributed by atoms with Crippen molar-refractivity contribution < 1.29 is 23.8 Å². The van der Waals surface area contributed by atoms with Gasteiger partial charge >= 0.3 is 5.97 Å². The van der Waals surface area contributed by atoms with Gasteiger partial charge in [-0.3, -0.25) is 14.2 Å². The molecule has 0 saturated carbocycles. The predicted molar refractivity (Wildman–Crippen MR) is 83.1 cm³/mol. The second-order valence-electron chi connectivity index (χ2n) is 4.84. The second kappa shape index (κ2) is 6.51. The van der Waals surface area contributed by atoms with Crippen molar-refractivity contribution in [2.24, 2.45) is 0 Å². The van der Waals surface area contributed by atoms with Crippen LogP contribution in [0, 0.1) is 6.92 Å². The maximum atomic E-state index is 12.0. The zero-order chi connectivity index (χ0) is 17.1. The lowest BCUT2D eigenvalue weighted by Gasteiger charge is -2.10. The molecule has 23 heavy (non-hydrogen) atoms. The summed E-state index contributed by atoms with van der Waals surface area (Å²) < 4.78 is 16.9. The summed E-state index contributed by atoms with van der Waals surface area (Å²) in [7, 11) is 3.06. The van der Waals surface area contributed by atoms with Crippen LogP contribution in [0.5, 0.6) is 17.4 Å². The van der Waals surface area contributed by atoms with E-state index in [1.54, 1.807) is 25.1 Å². The van der Waals surface area contributed by atoms with Crippen LogP contribution in [0.2, 0.25) is 0 Å². The van der Waals surface area contributed by atoms with Gasteiger partial charge in [-0.1, -0.05) is 0 Å². The number of aromatic nitrogens is 2. The number of imidazole rings is 1. The molecule has 0 aliphatic heterocycles. The van der Waals surface area contributed by atoms with Crippen LogP contribution >= 0.6 is 0 Å². The zero-order valence-electron chi connectivity index (χ0n) is 13.7. The Morgan fingerprint density at radius 1 is 1.09 bits per heavy atom. The van der Waals surface area contributed by atoms with Crippen LogP contribution in [0.1, 0.15) is 24.3 Å². The number of carbonyl (C=O) groups excluding carboxylic acids is 2. The highest BCUT2D eigenvalue weighted by Crippen LogP contribution is 2.34. The van der Waals surface area contributed by atoms with Crippen LogP contribution in [0.4, 0.5) is 0 Å². The molecule has 0 fully saturated rings. The van der Waals surface area contributed by atoms with E-state index in [1.165, 1.54) is 32.6 Å². The summed E-state index contributed by atoms with van der Waals surface area (Å²) in [6, 6.07) is 5.17. The van der Waals surface area contributed by atoms with Gasteiger partial charge in [0.05, 0.1) is 19.9 Å². The number of hydrogen-bond donors (Lipinski definition) is 0. The standard InChI is InChI=1S/C16H18N2O5/c1-9-16(23-11(3)20)17-15(18(9)10(2)19)12-6-7-13(21-4)14(8-12)22-5/h6-8H,1-5H3. The minimum Gasteiger partial charge on any atom is -0.493 e. The van der Waals surface area contributed by atoms with E-state index in [2.05, 4.69) is 4.98 Å². The number of carbonyl (C=O) groups is 2. The monoisotopic (exact) mass is 318 g/mol. The summed E-state index contributed by atoms with van der Waals surface area (Å²) in [5.41, 5.74) is 1.09. The van der Waals surface area contributed by atoms with E-state index >= 15 is 0 Å². The summed E-state index contributed by atoms with van der Waals surface area (Å²) in [5, 5.41) is 0. The number of ether oxygens (including phenoxy) is 3. The molecule has 2 aromatic rings. The fourth-order valence-electron chi connectivity index (χ4n) is 2.27. The molecule has 0 amide bonds. The van der Waals surface area contributed by atoms with Gasteiger partial charge in [-0.2, -0.15) is 4.98 Å². The predicted octanol–water partition coefficient (Wildman–Crippen LogP) is 2.46. The third-order valence-corrected chi connectivity index (χ3v) is 3.26. The van der Waals surface area contributed by atoms with E-state index in [0.29, 0.717) is 28.6 Å². The lowest BCUT2D eigenvalue weighted by Crippen LogP contribution is -2.10. The zero-order valence-corrected chi connectivity index (χ0v) is 13.7. The number of nitrogens with zero attached hydrogens (tertiary/aromatic N) is 2. The molecule has 1 aromatic carbocycles. The van der Waals surface area contributed by atoms with Gasteiger partial charge < -0.3 is 14.2 Å². The highest BCUT2D eigenvalue weighted by atomic mass is 16.5. The maximum Gasteiger partial charge on any atom is 0.309 e. The average molecular weight is 318 g/mol. The third-order valence-electron chi connectivity index (χ3n) is 3.26. The maximum absolute atomic E-state index is 12.0. The Kier molecular flexibility index (Phi) is 4.68. The summed E-state index contributed by atoms with van der Waals surface area (Å²) in [5.74, 6) is 0.812. The normalized spacial score (nSPS) is 10.3. The lowest BCUT2D eigenvalue weighted by atomic mass is 10.2. The van der Waals surface area contributed by atoms with Gasteiger partial charge in [0.15, 0.2) is 17.3 Å². The first-order valence-electron chi connectivity index (χ1n) is 6.90. The molecule has 0 N–H and O–H groups in total. The number of methoxy groups -OCH3 is 2. The minimum absolute atomic E-state index is 0.109. The van der Waals surface area contributed by atoms with Crippen LogP contribution in [-0.4, -0.2) is 35.6 Å². The Labute approximate surface area is 133 Å².